The molecule has 4 nitrogen and oxygen atoms in total. The van der Waals surface area contributed by atoms with Crippen LogP contribution in [0.25, 0.3) is 0 Å². The lowest BCUT2D eigenvalue weighted by atomic mass is 9.98. The third-order valence-electron chi connectivity index (χ3n) is 3.26. The van der Waals surface area contributed by atoms with Crippen molar-refractivity contribution in [2.75, 3.05) is 26.3 Å². The number of nitrogens with zero attached hydrogens (tertiary/aromatic N) is 1. The summed E-state index contributed by atoms with van der Waals surface area (Å²) in [6.07, 6.45) is -4.82. The first kappa shape index (κ1) is 15.7. The van der Waals surface area contributed by atoms with Crippen molar-refractivity contribution in [3.05, 3.63) is 35.1 Å². The minimum Gasteiger partial charge on any atom is -0.480 e. The van der Waals surface area contributed by atoms with Gasteiger partial charge in [0.25, 0.3) is 0 Å². The zero-order valence-electron chi connectivity index (χ0n) is 10.9. The Hall–Kier alpha value is -1.67. The molecule has 0 saturated carbocycles. The summed E-state index contributed by atoms with van der Waals surface area (Å²) < 4.78 is 57.2. The maximum atomic E-state index is 13.1. The Balaban J connectivity index is 2.47. The van der Waals surface area contributed by atoms with Gasteiger partial charge in [-0.15, -0.1) is 0 Å². The van der Waals surface area contributed by atoms with Gasteiger partial charge in [-0.1, -0.05) is 6.07 Å². The van der Waals surface area contributed by atoms with Crippen molar-refractivity contribution in [1.29, 1.82) is 0 Å². The minimum atomic E-state index is -4.82. The van der Waals surface area contributed by atoms with E-state index in [-0.39, 0.29) is 26.3 Å². The molecule has 1 fully saturated rings. The number of hydrogen-bond donors (Lipinski definition) is 1. The monoisotopic (exact) mass is 307 g/mol. The van der Waals surface area contributed by atoms with Crippen molar-refractivity contribution in [2.45, 2.75) is 12.2 Å². The lowest BCUT2D eigenvalue weighted by Gasteiger charge is -2.33. The molecule has 0 radical (unpaired) electrons. The average molecular weight is 307 g/mol. The first-order valence-corrected chi connectivity index (χ1v) is 6.22. The molecule has 8 heteroatoms. The van der Waals surface area contributed by atoms with E-state index in [0.717, 1.165) is 12.1 Å². The van der Waals surface area contributed by atoms with Crippen LogP contribution in [0.3, 0.4) is 0 Å². The van der Waals surface area contributed by atoms with Crippen LogP contribution in [-0.2, 0) is 15.7 Å². The van der Waals surface area contributed by atoms with Crippen LogP contribution in [0.5, 0.6) is 0 Å². The van der Waals surface area contributed by atoms with Crippen LogP contribution < -0.4 is 0 Å². The van der Waals surface area contributed by atoms with Crippen molar-refractivity contribution in [1.82, 2.24) is 4.90 Å². The second-order valence-electron chi connectivity index (χ2n) is 4.62. The predicted molar refractivity (Wildman–Crippen MR) is 64.2 cm³/mol. The zero-order chi connectivity index (χ0) is 15.6. The van der Waals surface area contributed by atoms with Crippen molar-refractivity contribution < 1.29 is 32.2 Å². The zero-order valence-corrected chi connectivity index (χ0v) is 10.9. The summed E-state index contributed by atoms with van der Waals surface area (Å²) in [4.78, 5) is 12.8. The van der Waals surface area contributed by atoms with Crippen LogP contribution in [0.4, 0.5) is 17.6 Å². The summed E-state index contributed by atoms with van der Waals surface area (Å²) in [5.74, 6) is -2.47. The highest BCUT2D eigenvalue weighted by molar-refractivity contribution is 5.76. The van der Waals surface area contributed by atoms with Crippen LogP contribution >= 0.6 is 0 Å². The quantitative estimate of drug-likeness (QED) is 0.871. The molecule has 0 bridgehead atoms. The van der Waals surface area contributed by atoms with Crippen LogP contribution in [0.1, 0.15) is 17.2 Å². The minimum absolute atomic E-state index is 0.200. The van der Waals surface area contributed by atoms with Gasteiger partial charge in [0.2, 0.25) is 0 Å². The summed E-state index contributed by atoms with van der Waals surface area (Å²) in [5, 5.41) is 9.29. The topological polar surface area (TPSA) is 49.8 Å². The number of carbonyl (C=O) groups is 1. The standard InChI is InChI=1S/C13H13F4NO3/c14-8-1-2-9(10(7-8)13(15,16)17)11(12(19)20)18-3-5-21-6-4-18/h1-2,7,11H,3-6H2,(H,19,20). The van der Waals surface area contributed by atoms with Crippen LogP contribution in [-0.4, -0.2) is 42.3 Å². The van der Waals surface area contributed by atoms with Gasteiger partial charge in [0.05, 0.1) is 18.8 Å². The number of alkyl halides is 3. The van der Waals surface area contributed by atoms with Gasteiger partial charge < -0.3 is 9.84 Å². The number of ether oxygens (including phenoxy) is 1. The van der Waals surface area contributed by atoms with Gasteiger partial charge >= 0.3 is 12.1 Å². The first-order valence-electron chi connectivity index (χ1n) is 6.22. The third-order valence-corrected chi connectivity index (χ3v) is 3.26. The second-order valence-corrected chi connectivity index (χ2v) is 4.62. The number of halogens is 4. The van der Waals surface area contributed by atoms with E-state index in [1.807, 2.05) is 0 Å². The highest BCUT2D eigenvalue weighted by atomic mass is 19.4. The Morgan fingerprint density at radius 2 is 1.90 bits per heavy atom. The molecule has 1 aliphatic heterocycles. The molecule has 0 aliphatic carbocycles. The molecule has 0 amide bonds. The van der Waals surface area contributed by atoms with Crippen LogP contribution in [0.2, 0.25) is 0 Å². The van der Waals surface area contributed by atoms with Crippen molar-refractivity contribution >= 4 is 5.97 Å². The fourth-order valence-corrected chi connectivity index (χ4v) is 2.33. The maximum Gasteiger partial charge on any atom is 0.416 e. The summed E-state index contributed by atoms with van der Waals surface area (Å²) in [5.41, 5.74) is -1.72. The number of morpholine rings is 1. The Bertz CT molecular complexity index is 527. The number of aliphatic carboxylic acids is 1. The molecule has 1 aromatic carbocycles. The summed E-state index contributed by atoms with van der Waals surface area (Å²) in [6.45, 7) is 0.885. The maximum absolute atomic E-state index is 13.1. The highest BCUT2D eigenvalue weighted by Gasteiger charge is 2.39. The fourth-order valence-electron chi connectivity index (χ4n) is 2.33. The molecule has 2 rings (SSSR count). The van der Waals surface area contributed by atoms with E-state index in [1.54, 1.807) is 0 Å². The van der Waals surface area contributed by atoms with Gasteiger partial charge in [-0.05, 0) is 17.7 Å². The third kappa shape index (κ3) is 3.51. The number of rotatable bonds is 3. The molecule has 0 spiro atoms. The lowest BCUT2D eigenvalue weighted by molar-refractivity contribution is -0.147. The number of hydrogen-bond acceptors (Lipinski definition) is 3. The molecule has 116 valence electrons. The van der Waals surface area contributed by atoms with Crippen molar-refractivity contribution in [3.63, 3.8) is 0 Å². The summed E-state index contributed by atoms with van der Waals surface area (Å²) in [6, 6.07) is 0.560. The number of benzene rings is 1. The summed E-state index contributed by atoms with van der Waals surface area (Å²) >= 11 is 0. The number of carboxylic acids is 1. The molecule has 1 aromatic rings. The smallest absolute Gasteiger partial charge is 0.416 e. The van der Waals surface area contributed by atoms with E-state index in [2.05, 4.69) is 0 Å². The Morgan fingerprint density at radius 1 is 1.29 bits per heavy atom. The van der Waals surface area contributed by atoms with E-state index >= 15 is 0 Å². The first-order chi connectivity index (χ1) is 9.80. The molecule has 1 atom stereocenters. The Kier molecular flexibility index (Phi) is 4.48. The molecular weight excluding hydrogens is 294 g/mol. The van der Waals surface area contributed by atoms with Crippen molar-refractivity contribution in [2.24, 2.45) is 0 Å². The lowest BCUT2D eigenvalue weighted by Crippen LogP contribution is -2.42. The van der Waals surface area contributed by atoms with Gasteiger partial charge in [-0.3, -0.25) is 9.69 Å². The van der Waals surface area contributed by atoms with Gasteiger partial charge in [0.1, 0.15) is 11.9 Å². The van der Waals surface area contributed by atoms with Gasteiger partial charge in [-0.2, -0.15) is 13.2 Å². The number of carboxylic acid groups (broad SMARTS) is 1. The normalized spacial score (nSPS) is 18.5. The van der Waals surface area contributed by atoms with Gasteiger partial charge in [0.15, 0.2) is 0 Å². The molecule has 1 saturated heterocycles. The van der Waals surface area contributed by atoms with E-state index in [0.29, 0.717) is 6.07 Å². The predicted octanol–water partition coefficient (Wildman–Crippen LogP) is 2.30. The Labute approximate surface area is 117 Å². The molecule has 0 aromatic heterocycles. The van der Waals surface area contributed by atoms with Crippen molar-refractivity contribution in [3.8, 4) is 0 Å². The Morgan fingerprint density at radius 3 is 2.43 bits per heavy atom. The van der Waals surface area contributed by atoms with E-state index in [4.69, 9.17) is 4.74 Å². The average Bonchev–Trinajstić information content (AvgIpc) is 2.40. The second kappa shape index (κ2) is 5.98. The highest BCUT2D eigenvalue weighted by Crippen LogP contribution is 2.37. The van der Waals surface area contributed by atoms with Crippen LogP contribution in [0.15, 0.2) is 18.2 Å². The van der Waals surface area contributed by atoms with E-state index in [1.165, 1.54) is 4.90 Å². The molecule has 1 unspecified atom stereocenters. The van der Waals surface area contributed by atoms with Crippen LogP contribution in [0, 0.1) is 5.82 Å². The molecule has 1 aliphatic rings. The van der Waals surface area contributed by atoms with E-state index < -0.39 is 35.1 Å². The van der Waals surface area contributed by atoms with Gasteiger partial charge in [0, 0.05) is 13.1 Å². The molecule has 1 N–H and O–H groups in total. The molecule has 21 heavy (non-hydrogen) atoms. The molecule has 1 heterocycles. The van der Waals surface area contributed by atoms with Gasteiger partial charge in [-0.25, -0.2) is 4.39 Å². The van der Waals surface area contributed by atoms with E-state index in [9.17, 15) is 27.5 Å². The largest absolute Gasteiger partial charge is 0.480 e. The fraction of sp³-hybridized carbons (Fsp3) is 0.462. The molecular formula is C13H13F4NO3. The SMILES string of the molecule is O=C(O)C(c1ccc(F)cc1C(F)(F)F)N1CCOCC1. The summed E-state index contributed by atoms with van der Waals surface area (Å²) in [7, 11) is 0.